The molecule has 0 spiro atoms. The first-order valence-corrected chi connectivity index (χ1v) is 8.50. The van der Waals surface area contributed by atoms with Crippen LogP contribution in [0.4, 0.5) is 5.69 Å². The van der Waals surface area contributed by atoms with Crippen LogP contribution in [0.3, 0.4) is 0 Å². The van der Waals surface area contributed by atoms with Gasteiger partial charge in [-0.05, 0) is 49.1 Å². The third kappa shape index (κ3) is 2.94. The number of thiophene rings is 1. The van der Waals surface area contributed by atoms with Gasteiger partial charge in [0.2, 0.25) is 0 Å². The Labute approximate surface area is 135 Å². The van der Waals surface area contributed by atoms with Gasteiger partial charge in [0.25, 0.3) is 0 Å². The molecule has 19 heavy (non-hydrogen) atoms. The molecule has 0 amide bonds. The minimum atomic E-state index is 0.311. The summed E-state index contributed by atoms with van der Waals surface area (Å²) in [4.78, 5) is 1.40. The molecule has 2 aromatic rings. The van der Waals surface area contributed by atoms with Gasteiger partial charge in [-0.1, -0.05) is 39.1 Å². The summed E-state index contributed by atoms with van der Waals surface area (Å²) < 4.78 is 1.87. The number of nitrogens with one attached hydrogen (secondary N) is 1. The topological polar surface area (TPSA) is 12.0 Å². The Kier molecular flexibility index (Phi) is 4.08. The van der Waals surface area contributed by atoms with E-state index in [1.165, 1.54) is 16.9 Å². The van der Waals surface area contributed by atoms with Crippen LogP contribution in [0, 0.1) is 0 Å². The first-order chi connectivity index (χ1) is 9.13. The van der Waals surface area contributed by atoms with E-state index in [-0.39, 0.29) is 0 Å². The normalized spacial score (nSPS) is 18.2. The van der Waals surface area contributed by atoms with E-state index in [1.54, 1.807) is 11.3 Å². The molecule has 0 saturated heterocycles. The molecule has 1 aliphatic carbocycles. The number of rotatable bonds is 2. The lowest BCUT2D eigenvalue weighted by molar-refractivity contribution is 0.609. The second kappa shape index (κ2) is 5.65. The largest absolute Gasteiger partial charge is 0.377 e. The fraction of sp³-hybridized carbons (Fsp3) is 0.286. The van der Waals surface area contributed by atoms with Crippen LogP contribution in [-0.2, 0) is 6.42 Å². The quantitative estimate of drug-likeness (QED) is 0.647. The molecule has 5 heteroatoms. The Morgan fingerprint density at radius 2 is 2.11 bits per heavy atom. The molecule has 0 radical (unpaired) electrons. The molecule has 1 unspecified atom stereocenters. The van der Waals surface area contributed by atoms with Crippen molar-refractivity contribution in [3.8, 4) is 0 Å². The summed E-state index contributed by atoms with van der Waals surface area (Å²) in [6.45, 7) is 0. The van der Waals surface area contributed by atoms with Crippen LogP contribution in [0.5, 0.6) is 0 Å². The molecule has 100 valence electrons. The molecule has 0 aliphatic heterocycles. The third-order valence-corrected chi connectivity index (χ3v) is 5.49. The minimum Gasteiger partial charge on any atom is -0.377 e. The maximum Gasteiger partial charge on any atom is 0.0934 e. The summed E-state index contributed by atoms with van der Waals surface area (Å²) in [5.74, 6) is 0. The smallest absolute Gasteiger partial charge is 0.0934 e. The summed E-state index contributed by atoms with van der Waals surface area (Å²) in [7, 11) is 0. The zero-order valence-electron chi connectivity index (χ0n) is 10.1. The number of hydrogen-bond donors (Lipinski definition) is 1. The van der Waals surface area contributed by atoms with Crippen molar-refractivity contribution in [2.24, 2.45) is 0 Å². The third-order valence-electron chi connectivity index (χ3n) is 3.34. The Morgan fingerprint density at radius 1 is 1.26 bits per heavy atom. The van der Waals surface area contributed by atoms with Crippen LogP contribution in [0.2, 0.25) is 9.36 Å². The van der Waals surface area contributed by atoms with Gasteiger partial charge in [0, 0.05) is 9.35 Å². The van der Waals surface area contributed by atoms with Gasteiger partial charge in [-0.15, -0.1) is 11.3 Å². The van der Waals surface area contributed by atoms with Crippen molar-refractivity contribution in [1.29, 1.82) is 0 Å². The molecular formula is C14H12BrCl2NS. The molecule has 1 aliphatic rings. The van der Waals surface area contributed by atoms with Crippen LogP contribution >= 0.6 is 50.5 Å². The highest BCUT2D eigenvalue weighted by Gasteiger charge is 2.23. The van der Waals surface area contributed by atoms with Crippen molar-refractivity contribution >= 4 is 56.2 Å². The van der Waals surface area contributed by atoms with E-state index in [0.29, 0.717) is 6.04 Å². The number of anilines is 1. The predicted octanol–water partition coefficient (Wildman–Crippen LogP) is 6.31. The van der Waals surface area contributed by atoms with Crippen molar-refractivity contribution in [2.45, 2.75) is 25.3 Å². The van der Waals surface area contributed by atoms with E-state index in [1.807, 2.05) is 18.2 Å². The zero-order valence-corrected chi connectivity index (χ0v) is 14.0. The first kappa shape index (κ1) is 13.7. The second-order valence-corrected chi connectivity index (χ2v) is 7.73. The molecule has 0 fully saturated rings. The fourth-order valence-electron chi connectivity index (χ4n) is 2.47. The van der Waals surface area contributed by atoms with Crippen LogP contribution in [-0.4, -0.2) is 0 Å². The van der Waals surface area contributed by atoms with E-state index in [0.717, 1.165) is 32.4 Å². The lowest BCUT2D eigenvalue weighted by atomic mass is 9.94. The van der Waals surface area contributed by atoms with Crippen molar-refractivity contribution in [3.63, 3.8) is 0 Å². The number of benzene rings is 1. The van der Waals surface area contributed by atoms with E-state index in [2.05, 4.69) is 27.3 Å². The van der Waals surface area contributed by atoms with Gasteiger partial charge in [0.15, 0.2) is 0 Å². The van der Waals surface area contributed by atoms with Crippen LogP contribution in [0.1, 0.15) is 29.3 Å². The number of halogens is 3. The van der Waals surface area contributed by atoms with Crippen molar-refractivity contribution in [1.82, 2.24) is 0 Å². The Hall–Kier alpha value is -0.220. The average molecular weight is 377 g/mol. The van der Waals surface area contributed by atoms with Gasteiger partial charge < -0.3 is 5.32 Å². The van der Waals surface area contributed by atoms with E-state index >= 15 is 0 Å². The molecular weight excluding hydrogens is 365 g/mol. The van der Waals surface area contributed by atoms with Crippen LogP contribution in [0.25, 0.3) is 0 Å². The molecule has 3 rings (SSSR count). The lowest BCUT2D eigenvalue weighted by Crippen LogP contribution is -2.15. The predicted molar refractivity (Wildman–Crippen MR) is 87.8 cm³/mol. The molecule has 0 saturated carbocycles. The summed E-state index contributed by atoms with van der Waals surface area (Å²) in [5.41, 5.74) is 2.31. The number of hydrogen-bond acceptors (Lipinski definition) is 2. The molecule has 1 aromatic heterocycles. The number of fused-ring (bicyclic) bond motifs is 1. The van der Waals surface area contributed by atoms with Crippen LogP contribution in [0.15, 0.2) is 28.7 Å². The molecule has 1 atom stereocenters. The van der Waals surface area contributed by atoms with Gasteiger partial charge in [-0.3, -0.25) is 0 Å². The molecule has 1 aromatic carbocycles. The second-order valence-electron chi connectivity index (χ2n) is 4.64. The van der Waals surface area contributed by atoms with Crippen molar-refractivity contribution < 1.29 is 0 Å². The maximum absolute atomic E-state index is 6.27. The Balaban J connectivity index is 1.88. The summed E-state index contributed by atoms with van der Waals surface area (Å²) >= 11 is 17.5. The summed E-state index contributed by atoms with van der Waals surface area (Å²) in [6.07, 6.45) is 3.45. The monoisotopic (exact) mass is 375 g/mol. The van der Waals surface area contributed by atoms with Gasteiger partial charge in [-0.2, -0.15) is 0 Å². The minimum absolute atomic E-state index is 0.311. The first-order valence-electron chi connectivity index (χ1n) is 6.13. The van der Waals surface area contributed by atoms with Crippen molar-refractivity contribution in [3.05, 3.63) is 48.5 Å². The maximum atomic E-state index is 6.27. The fourth-order valence-corrected chi connectivity index (χ4v) is 4.58. The van der Waals surface area contributed by atoms with E-state index in [4.69, 9.17) is 23.2 Å². The summed E-state index contributed by atoms with van der Waals surface area (Å²) in [6, 6.07) is 8.32. The summed E-state index contributed by atoms with van der Waals surface area (Å²) in [5, 5.41) is 4.28. The van der Waals surface area contributed by atoms with Gasteiger partial charge >= 0.3 is 0 Å². The van der Waals surface area contributed by atoms with Gasteiger partial charge in [-0.25, -0.2) is 0 Å². The highest BCUT2D eigenvalue weighted by atomic mass is 79.9. The Morgan fingerprint density at radius 3 is 2.89 bits per heavy atom. The average Bonchev–Trinajstić information content (AvgIpc) is 2.74. The number of aryl methyl sites for hydroxylation is 1. The van der Waals surface area contributed by atoms with Crippen LogP contribution < -0.4 is 5.32 Å². The lowest BCUT2D eigenvalue weighted by Gasteiger charge is -2.25. The zero-order chi connectivity index (χ0) is 13.4. The molecule has 0 bridgehead atoms. The van der Waals surface area contributed by atoms with E-state index in [9.17, 15) is 0 Å². The molecule has 1 N–H and O–H groups in total. The van der Waals surface area contributed by atoms with E-state index < -0.39 is 0 Å². The van der Waals surface area contributed by atoms with Gasteiger partial charge in [0.05, 0.1) is 21.1 Å². The highest BCUT2D eigenvalue weighted by molar-refractivity contribution is 9.10. The SMILES string of the molecule is Clc1cc2c(s1)CCCC2Nc1ccc(Br)cc1Cl. The van der Waals surface area contributed by atoms with Crippen molar-refractivity contribution in [2.75, 3.05) is 5.32 Å². The molecule has 1 heterocycles. The standard InChI is InChI=1S/C14H12BrCl2NS/c15-8-4-5-12(10(16)6-8)18-11-2-1-3-13-9(11)7-14(17)19-13/h4-7,11,18H,1-3H2. The Bertz CT molecular complexity index is 611. The highest BCUT2D eigenvalue weighted by Crippen LogP contribution is 2.40. The van der Waals surface area contributed by atoms with Gasteiger partial charge in [0.1, 0.15) is 0 Å². The molecule has 1 nitrogen and oxygen atoms in total.